The molecule has 5 nitrogen and oxygen atoms in total. The van der Waals surface area contributed by atoms with Gasteiger partial charge in [-0.2, -0.15) is 0 Å². The average molecular weight is 378 g/mol. The summed E-state index contributed by atoms with van der Waals surface area (Å²) in [4.78, 5) is 17.6. The summed E-state index contributed by atoms with van der Waals surface area (Å²) < 4.78 is 3.67. The van der Waals surface area contributed by atoms with Crippen molar-refractivity contribution in [1.29, 1.82) is 0 Å². The van der Waals surface area contributed by atoms with Crippen molar-refractivity contribution >= 4 is 22.4 Å². The lowest BCUT2D eigenvalue weighted by molar-refractivity contribution is 0.742. The molecule has 0 bridgehead atoms. The molecule has 0 radical (unpaired) electrons. The minimum atomic E-state index is -0.0561. The van der Waals surface area contributed by atoms with Crippen molar-refractivity contribution in [2.75, 3.05) is 5.32 Å². The van der Waals surface area contributed by atoms with E-state index in [9.17, 15) is 4.79 Å². The van der Waals surface area contributed by atoms with Gasteiger partial charge in [-0.05, 0) is 54.6 Å². The predicted octanol–water partition coefficient (Wildman–Crippen LogP) is 4.92. The molecule has 0 fully saturated rings. The monoisotopic (exact) mass is 378 g/mol. The van der Waals surface area contributed by atoms with Gasteiger partial charge in [-0.3, -0.25) is 4.79 Å². The highest BCUT2D eigenvalue weighted by Gasteiger charge is 2.16. The summed E-state index contributed by atoms with van der Waals surface area (Å²) in [5.74, 6) is 0.753. The molecule has 0 aliphatic rings. The number of para-hydroxylation sites is 2. The molecule has 0 aliphatic heterocycles. The molecule has 5 heteroatoms. The number of fused-ring (bicyclic) bond motifs is 1. The zero-order chi connectivity index (χ0) is 19.6. The highest BCUT2D eigenvalue weighted by molar-refractivity contribution is 5.85. The largest absolute Gasteiger partial charge is 0.340 e. The number of nitrogens with one attached hydrogen (secondary N) is 1. The molecule has 140 valence electrons. The smallest absolute Gasteiger partial charge is 0.279 e. The van der Waals surface area contributed by atoms with Crippen LogP contribution in [-0.2, 0) is 0 Å². The van der Waals surface area contributed by atoms with Crippen LogP contribution in [0.5, 0.6) is 0 Å². The molecule has 0 spiro atoms. The summed E-state index contributed by atoms with van der Waals surface area (Å²) in [6.45, 7) is 0. The maximum Gasteiger partial charge on any atom is 0.279 e. The Balaban J connectivity index is 1.76. The van der Waals surface area contributed by atoms with E-state index < -0.39 is 0 Å². The molecule has 0 amide bonds. The van der Waals surface area contributed by atoms with Crippen molar-refractivity contribution < 1.29 is 0 Å². The number of pyridine rings is 1. The van der Waals surface area contributed by atoms with E-state index in [1.807, 2.05) is 102 Å². The highest BCUT2D eigenvalue weighted by atomic mass is 16.1. The van der Waals surface area contributed by atoms with Gasteiger partial charge in [0.15, 0.2) is 0 Å². The molecule has 2 heterocycles. The molecular weight excluding hydrogens is 360 g/mol. The summed E-state index contributed by atoms with van der Waals surface area (Å²) in [7, 11) is 0. The molecule has 5 aromatic rings. The highest BCUT2D eigenvalue weighted by Crippen LogP contribution is 2.24. The quantitative estimate of drug-likeness (QED) is 0.483. The molecule has 0 atom stereocenters. The molecule has 2 aromatic heterocycles. The topological polar surface area (TPSA) is 51.9 Å². The first-order valence-corrected chi connectivity index (χ1v) is 9.38. The van der Waals surface area contributed by atoms with Gasteiger partial charge in [-0.15, -0.1) is 0 Å². The SMILES string of the molecule is O=c1c2ccc(Nc3ccccn3)cc2n(-c2ccccc2)n1-c1ccccc1. The van der Waals surface area contributed by atoms with Crippen LogP contribution in [0.15, 0.2) is 108 Å². The number of hydrogen-bond donors (Lipinski definition) is 1. The van der Waals surface area contributed by atoms with Gasteiger partial charge in [0, 0.05) is 11.9 Å². The second-order valence-electron chi connectivity index (χ2n) is 6.67. The molecule has 1 N–H and O–H groups in total. The maximum atomic E-state index is 13.3. The average Bonchev–Trinajstić information content (AvgIpc) is 3.07. The van der Waals surface area contributed by atoms with E-state index in [0.717, 1.165) is 28.4 Å². The Morgan fingerprint density at radius 3 is 2.00 bits per heavy atom. The summed E-state index contributed by atoms with van der Waals surface area (Å²) >= 11 is 0. The Kier molecular flexibility index (Phi) is 4.18. The lowest BCUT2D eigenvalue weighted by atomic mass is 10.2. The zero-order valence-electron chi connectivity index (χ0n) is 15.6. The third-order valence-electron chi connectivity index (χ3n) is 4.79. The van der Waals surface area contributed by atoms with Crippen LogP contribution in [0, 0.1) is 0 Å². The van der Waals surface area contributed by atoms with Crippen molar-refractivity contribution in [3.05, 3.63) is 114 Å². The first-order chi connectivity index (χ1) is 14.3. The van der Waals surface area contributed by atoms with Crippen LogP contribution < -0.4 is 10.9 Å². The van der Waals surface area contributed by atoms with Crippen LogP contribution in [0.25, 0.3) is 22.3 Å². The van der Waals surface area contributed by atoms with E-state index in [0.29, 0.717) is 5.39 Å². The Morgan fingerprint density at radius 1 is 0.690 bits per heavy atom. The van der Waals surface area contributed by atoms with Crippen molar-refractivity contribution in [3.8, 4) is 11.4 Å². The molecule has 0 saturated carbocycles. The number of benzene rings is 3. The zero-order valence-corrected chi connectivity index (χ0v) is 15.6. The molecule has 0 saturated heterocycles. The van der Waals surface area contributed by atoms with Crippen LogP contribution in [0.1, 0.15) is 0 Å². The Morgan fingerprint density at radius 2 is 1.34 bits per heavy atom. The van der Waals surface area contributed by atoms with Gasteiger partial charge >= 0.3 is 0 Å². The summed E-state index contributed by atoms with van der Waals surface area (Å²) in [5.41, 5.74) is 3.37. The van der Waals surface area contributed by atoms with Gasteiger partial charge in [0.25, 0.3) is 5.56 Å². The van der Waals surface area contributed by atoms with E-state index in [-0.39, 0.29) is 5.56 Å². The Labute approximate surface area is 167 Å². The van der Waals surface area contributed by atoms with E-state index in [2.05, 4.69) is 10.3 Å². The van der Waals surface area contributed by atoms with Crippen molar-refractivity contribution in [1.82, 2.24) is 14.3 Å². The van der Waals surface area contributed by atoms with Crippen molar-refractivity contribution in [3.63, 3.8) is 0 Å². The van der Waals surface area contributed by atoms with Crippen LogP contribution in [0.2, 0.25) is 0 Å². The first kappa shape index (κ1) is 17.0. The van der Waals surface area contributed by atoms with Crippen LogP contribution in [0.3, 0.4) is 0 Å². The second kappa shape index (κ2) is 7.13. The molecule has 0 aliphatic carbocycles. The third-order valence-corrected chi connectivity index (χ3v) is 4.79. The number of hydrogen-bond acceptors (Lipinski definition) is 3. The molecular formula is C24H18N4O. The summed E-state index contributed by atoms with van der Waals surface area (Å²) in [6.07, 6.45) is 1.74. The standard InChI is InChI=1S/C24H18N4O/c29-24-21-15-14-18(26-23-13-7-8-16-25-23)17-22(21)27(19-9-3-1-4-10-19)28(24)20-11-5-2-6-12-20/h1-17H,(H,25,26). The third kappa shape index (κ3) is 3.08. The molecule has 3 aromatic carbocycles. The van der Waals surface area contributed by atoms with Crippen LogP contribution in [-0.4, -0.2) is 14.3 Å². The van der Waals surface area contributed by atoms with Gasteiger partial charge in [0.2, 0.25) is 0 Å². The fourth-order valence-electron chi connectivity index (χ4n) is 3.49. The maximum absolute atomic E-state index is 13.3. The Bertz CT molecular complexity index is 1320. The van der Waals surface area contributed by atoms with E-state index in [1.165, 1.54) is 0 Å². The van der Waals surface area contributed by atoms with Crippen LogP contribution >= 0.6 is 0 Å². The minimum Gasteiger partial charge on any atom is -0.340 e. The summed E-state index contributed by atoms with van der Waals surface area (Å²) in [5, 5.41) is 3.96. The van der Waals surface area contributed by atoms with Crippen molar-refractivity contribution in [2.45, 2.75) is 0 Å². The number of rotatable bonds is 4. The fraction of sp³-hybridized carbons (Fsp3) is 0. The van der Waals surface area contributed by atoms with Gasteiger partial charge in [0.1, 0.15) is 5.82 Å². The molecule has 0 unspecified atom stereocenters. The van der Waals surface area contributed by atoms with E-state index >= 15 is 0 Å². The number of anilines is 2. The predicted molar refractivity (Wildman–Crippen MR) is 116 cm³/mol. The van der Waals surface area contributed by atoms with Gasteiger partial charge in [-0.25, -0.2) is 14.3 Å². The van der Waals surface area contributed by atoms with Gasteiger partial charge in [0.05, 0.1) is 22.3 Å². The van der Waals surface area contributed by atoms with Crippen molar-refractivity contribution in [2.24, 2.45) is 0 Å². The molecule has 5 rings (SSSR count). The lowest BCUT2D eigenvalue weighted by Crippen LogP contribution is -2.20. The normalized spacial score (nSPS) is 10.9. The second-order valence-corrected chi connectivity index (χ2v) is 6.67. The van der Waals surface area contributed by atoms with Gasteiger partial charge < -0.3 is 5.32 Å². The van der Waals surface area contributed by atoms with Gasteiger partial charge in [-0.1, -0.05) is 42.5 Å². The fourth-order valence-corrected chi connectivity index (χ4v) is 3.49. The number of nitrogens with zero attached hydrogens (tertiary/aromatic N) is 3. The lowest BCUT2D eigenvalue weighted by Gasteiger charge is -2.13. The first-order valence-electron chi connectivity index (χ1n) is 9.38. The van der Waals surface area contributed by atoms with Crippen LogP contribution in [0.4, 0.5) is 11.5 Å². The minimum absolute atomic E-state index is 0.0561. The molecule has 29 heavy (non-hydrogen) atoms. The number of aromatic nitrogens is 3. The van der Waals surface area contributed by atoms with E-state index in [4.69, 9.17) is 0 Å². The van der Waals surface area contributed by atoms with E-state index in [1.54, 1.807) is 10.9 Å². The summed E-state index contributed by atoms with van der Waals surface area (Å²) in [6, 6.07) is 31.0. The Hall–Kier alpha value is -4.12.